The summed E-state index contributed by atoms with van der Waals surface area (Å²) in [6.45, 7) is 0. The van der Waals surface area contributed by atoms with E-state index in [9.17, 15) is 19.8 Å². The van der Waals surface area contributed by atoms with E-state index in [-0.39, 0.29) is 33.8 Å². The van der Waals surface area contributed by atoms with Crippen molar-refractivity contribution in [2.45, 2.75) is 0 Å². The standard InChI is InChI=1S/C14H10O4/c15-7-9-3-1-5-11(17)13(9)14-10(8-16)4-2-6-12(14)18/h1-8,17-18H. The number of phenols is 2. The number of carbonyl (C=O) groups excluding carboxylic acids is 2. The van der Waals surface area contributed by atoms with Gasteiger partial charge in [0, 0.05) is 22.3 Å². The first-order chi connectivity index (χ1) is 8.69. The third-order valence-electron chi connectivity index (χ3n) is 2.65. The summed E-state index contributed by atoms with van der Waals surface area (Å²) in [5, 5.41) is 19.7. The van der Waals surface area contributed by atoms with E-state index in [1.165, 1.54) is 36.4 Å². The highest BCUT2D eigenvalue weighted by Gasteiger charge is 2.17. The summed E-state index contributed by atoms with van der Waals surface area (Å²) in [7, 11) is 0. The Balaban J connectivity index is 2.84. The zero-order valence-electron chi connectivity index (χ0n) is 9.33. The van der Waals surface area contributed by atoms with Crippen LogP contribution in [0.3, 0.4) is 0 Å². The molecule has 0 aliphatic rings. The molecule has 0 spiro atoms. The summed E-state index contributed by atoms with van der Waals surface area (Å²) >= 11 is 0. The Morgan fingerprint density at radius 3 is 1.44 bits per heavy atom. The lowest BCUT2D eigenvalue weighted by molar-refractivity contribution is 0.111. The summed E-state index contributed by atoms with van der Waals surface area (Å²) < 4.78 is 0. The highest BCUT2D eigenvalue weighted by atomic mass is 16.3. The zero-order valence-corrected chi connectivity index (χ0v) is 9.33. The lowest BCUT2D eigenvalue weighted by Crippen LogP contribution is -1.93. The molecular weight excluding hydrogens is 232 g/mol. The van der Waals surface area contributed by atoms with E-state index in [4.69, 9.17) is 0 Å². The second kappa shape index (κ2) is 4.71. The second-order valence-electron chi connectivity index (χ2n) is 3.72. The predicted molar refractivity (Wildman–Crippen MR) is 66.0 cm³/mol. The summed E-state index contributed by atoms with van der Waals surface area (Å²) in [5.41, 5.74) is 0.736. The van der Waals surface area contributed by atoms with Crippen LogP contribution in [0.15, 0.2) is 36.4 Å². The second-order valence-corrected chi connectivity index (χ2v) is 3.72. The van der Waals surface area contributed by atoms with Gasteiger partial charge < -0.3 is 10.2 Å². The predicted octanol–water partition coefficient (Wildman–Crippen LogP) is 2.39. The van der Waals surface area contributed by atoms with Crippen molar-refractivity contribution in [1.82, 2.24) is 0 Å². The van der Waals surface area contributed by atoms with E-state index < -0.39 is 0 Å². The van der Waals surface area contributed by atoms with Crippen LogP contribution in [0.25, 0.3) is 11.1 Å². The largest absolute Gasteiger partial charge is 0.507 e. The lowest BCUT2D eigenvalue weighted by atomic mass is 9.94. The minimum Gasteiger partial charge on any atom is -0.507 e. The van der Waals surface area contributed by atoms with Crippen LogP contribution in [-0.4, -0.2) is 22.8 Å². The van der Waals surface area contributed by atoms with E-state index >= 15 is 0 Å². The van der Waals surface area contributed by atoms with Gasteiger partial charge in [0.25, 0.3) is 0 Å². The highest BCUT2D eigenvalue weighted by Crippen LogP contribution is 2.39. The molecule has 90 valence electrons. The van der Waals surface area contributed by atoms with Crippen LogP contribution < -0.4 is 0 Å². The topological polar surface area (TPSA) is 74.6 Å². The number of benzene rings is 2. The van der Waals surface area contributed by atoms with Gasteiger partial charge in [-0.15, -0.1) is 0 Å². The third kappa shape index (κ3) is 1.84. The van der Waals surface area contributed by atoms with E-state index in [0.717, 1.165) is 0 Å². The van der Waals surface area contributed by atoms with Crippen LogP contribution >= 0.6 is 0 Å². The van der Waals surface area contributed by atoms with Gasteiger partial charge >= 0.3 is 0 Å². The molecule has 0 aromatic heterocycles. The molecule has 0 aliphatic heterocycles. The Labute approximate surface area is 103 Å². The zero-order chi connectivity index (χ0) is 13.1. The van der Waals surface area contributed by atoms with Crippen LogP contribution in [-0.2, 0) is 0 Å². The van der Waals surface area contributed by atoms with Crippen molar-refractivity contribution in [1.29, 1.82) is 0 Å². The van der Waals surface area contributed by atoms with E-state index in [0.29, 0.717) is 12.6 Å². The number of hydrogen-bond donors (Lipinski definition) is 2. The Kier molecular flexibility index (Phi) is 3.10. The molecule has 0 radical (unpaired) electrons. The van der Waals surface area contributed by atoms with Gasteiger partial charge in [-0.2, -0.15) is 0 Å². The molecule has 0 aliphatic carbocycles. The molecule has 2 aromatic rings. The SMILES string of the molecule is O=Cc1cccc(O)c1-c1c(O)cccc1C=O. The number of phenolic OH excluding ortho intramolecular Hbond substituents is 2. The number of aromatic hydroxyl groups is 2. The summed E-state index contributed by atoms with van der Waals surface area (Å²) in [5.74, 6) is -0.326. The molecule has 0 amide bonds. The first-order valence-electron chi connectivity index (χ1n) is 5.23. The van der Waals surface area contributed by atoms with Crippen LogP contribution in [0.1, 0.15) is 20.7 Å². The fourth-order valence-corrected chi connectivity index (χ4v) is 1.86. The summed E-state index contributed by atoms with van der Waals surface area (Å²) in [6.07, 6.45) is 1.13. The molecule has 4 heteroatoms. The van der Waals surface area contributed by atoms with Crippen LogP contribution in [0.4, 0.5) is 0 Å². The van der Waals surface area contributed by atoms with Gasteiger partial charge in [-0.3, -0.25) is 9.59 Å². The first kappa shape index (κ1) is 11.9. The van der Waals surface area contributed by atoms with Crippen molar-refractivity contribution in [3.05, 3.63) is 47.5 Å². The quantitative estimate of drug-likeness (QED) is 0.810. The van der Waals surface area contributed by atoms with Gasteiger partial charge in [-0.25, -0.2) is 0 Å². The molecule has 18 heavy (non-hydrogen) atoms. The molecule has 2 rings (SSSR count). The fourth-order valence-electron chi connectivity index (χ4n) is 1.86. The van der Waals surface area contributed by atoms with Crippen molar-refractivity contribution in [3.8, 4) is 22.6 Å². The maximum Gasteiger partial charge on any atom is 0.150 e. The minimum absolute atomic E-state index is 0.160. The molecule has 0 saturated heterocycles. The third-order valence-corrected chi connectivity index (χ3v) is 2.65. The Bertz CT molecular complexity index is 562. The molecule has 0 bridgehead atoms. The Morgan fingerprint density at radius 1 is 0.722 bits per heavy atom. The van der Waals surface area contributed by atoms with Gasteiger partial charge in [0.05, 0.1) is 0 Å². The molecular formula is C14H10O4. The highest BCUT2D eigenvalue weighted by molar-refractivity contribution is 5.98. The van der Waals surface area contributed by atoms with Gasteiger partial charge in [-0.1, -0.05) is 24.3 Å². The molecule has 0 unspecified atom stereocenters. The van der Waals surface area contributed by atoms with Gasteiger partial charge in [-0.05, 0) is 12.1 Å². The van der Waals surface area contributed by atoms with Crippen molar-refractivity contribution in [2.75, 3.05) is 0 Å². The van der Waals surface area contributed by atoms with Crippen molar-refractivity contribution < 1.29 is 19.8 Å². The van der Waals surface area contributed by atoms with E-state index in [1.54, 1.807) is 0 Å². The molecule has 2 N–H and O–H groups in total. The van der Waals surface area contributed by atoms with Crippen LogP contribution in [0, 0.1) is 0 Å². The smallest absolute Gasteiger partial charge is 0.150 e. The number of aldehydes is 2. The normalized spacial score (nSPS) is 10.0. The Morgan fingerprint density at radius 2 is 1.11 bits per heavy atom. The first-order valence-corrected chi connectivity index (χ1v) is 5.23. The van der Waals surface area contributed by atoms with E-state index in [1.807, 2.05) is 0 Å². The maximum absolute atomic E-state index is 11.0. The summed E-state index contributed by atoms with van der Waals surface area (Å²) in [4.78, 5) is 22.0. The molecule has 4 nitrogen and oxygen atoms in total. The summed E-state index contributed by atoms with van der Waals surface area (Å²) in [6, 6.07) is 8.82. The number of hydrogen-bond acceptors (Lipinski definition) is 4. The van der Waals surface area contributed by atoms with Crippen molar-refractivity contribution >= 4 is 12.6 Å². The van der Waals surface area contributed by atoms with Gasteiger partial charge in [0.2, 0.25) is 0 Å². The monoisotopic (exact) mass is 242 g/mol. The molecule has 0 heterocycles. The Hall–Kier alpha value is -2.62. The minimum atomic E-state index is -0.163. The molecule has 0 atom stereocenters. The molecule has 0 saturated carbocycles. The van der Waals surface area contributed by atoms with Gasteiger partial charge in [0.1, 0.15) is 11.5 Å². The van der Waals surface area contributed by atoms with Crippen LogP contribution in [0.2, 0.25) is 0 Å². The number of carbonyl (C=O) groups is 2. The molecule has 0 fully saturated rings. The molecule has 2 aromatic carbocycles. The van der Waals surface area contributed by atoms with Crippen molar-refractivity contribution in [3.63, 3.8) is 0 Å². The maximum atomic E-state index is 11.0. The number of rotatable bonds is 3. The fraction of sp³-hybridized carbons (Fsp3) is 0. The van der Waals surface area contributed by atoms with Crippen LogP contribution in [0.5, 0.6) is 11.5 Å². The van der Waals surface area contributed by atoms with E-state index in [2.05, 4.69) is 0 Å². The van der Waals surface area contributed by atoms with Gasteiger partial charge in [0.15, 0.2) is 12.6 Å². The average Bonchev–Trinajstić information content (AvgIpc) is 2.38. The lowest BCUT2D eigenvalue weighted by Gasteiger charge is -2.11. The van der Waals surface area contributed by atoms with Crippen molar-refractivity contribution in [2.24, 2.45) is 0 Å². The average molecular weight is 242 g/mol.